The number of quaternary nitrogens is 1. The smallest absolute Gasteiger partial charge is 0.598 e. The molecule has 0 aromatic heterocycles. The van der Waals surface area contributed by atoms with Crippen LogP contribution in [0.15, 0.2) is 0 Å². The van der Waals surface area contributed by atoms with Crippen molar-refractivity contribution in [1.82, 2.24) is 0 Å². The molecule has 138 valence electrons. The van der Waals surface area contributed by atoms with E-state index in [2.05, 4.69) is 27.7 Å². The Hall–Kier alpha value is -1.08. The molecular formula is C18H28BNO5. The van der Waals surface area contributed by atoms with Crippen LogP contribution in [0.2, 0.25) is 0 Å². The minimum Gasteiger partial charge on any atom is -0.598 e. The fourth-order valence-electron chi connectivity index (χ4n) is 7.06. The van der Waals surface area contributed by atoms with Crippen molar-refractivity contribution in [3.8, 4) is 0 Å². The van der Waals surface area contributed by atoms with Crippen molar-refractivity contribution in [3.63, 3.8) is 0 Å². The second-order valence-corrected chi connectivity index (χ2v) is 9.70. The molecule has 0 radical (unpaired) electrons. The van der Waals surface area contributed by atoms with Gasteiger partial charge < -0.3 is 18.4 Å². The van der Waals surface area contributed by atoms with Gasteiger partial charge in [0.25, 0.3) is 0 Å². The maximum Gasteiger partial charge on any atom is 0.614 e. The molecule has 0 N–H and O–H groups in total. The third-order valence-corrected chi connectivity index (χ3v) is 8.58. The largest absolute Gasteiger partial charge is 0.614 e. The number of fused-ring (bicyclic) bond motifs is 4. The molecule has 0 aromatic carbocycles. The van der Waals surface area contributed by atoms with E-state index in [1.165, 1.54) is 6.42 Å². The van der Waals surface area contributed by atoms with E-state index in [0.717, 1.165) is 12.8 Å². The Kier molecular flexibility index (Phi) is 2.97. The summed E-state index contributed by atoms with van der Waals surface area (Å²) in [5, 5.41) is 0. The Labute approximate surface area is 148 Å². The second-order valence-electron chi connectivity index (χ2n) is 9.70. The molecule has 0 aromatic rings. The summed E-state index contributed by atoms with van der Waals surface area (Å²) in [5.41, 5.74) is 0.362. The van der Waals surface area contributed by atoms with Gasteiger partial charge in [0.1, 0.15) is 19.1 Å². The van der Waals surface area contributed by atoms with Gasteiger partial charge in [-0.1, -0.05) is 27.7 Å². The number of ether oxygens (including phenoxy) is 1. The fourth-order valence-corrected chi connectivity index (χ4v) is 7.06. The Balaban J connectivity index is 1.56. The number of hydrogen-bond donors (Lipinski definition) is 0. The van der Waals surface area contributed by atoms with Gasteiger partial charge in [0.2, 0.25) is 0 Å². The van der Waals surface area contributed by atoms with Gasteiger partial charge in [0.05, 0.1) is 12.1 Å². The Bertz CT molecular complexity index is 644. The maximum atomic E-state index is 12.4. The summed E-state index contributed by atoms with van der Waals surface area (Å²) in [5.74, 6) is 1.29. The van der Waals surface area contributed by atoms with E-state index in [-0.39, 0.29) is 43.2 Å². The summed E-state index contributed by atoms with van der Waals surface area (Å²) in [6.45, 7) is 7.54. The van der Waals surface area contributed by atoms with Gasteiger partial charge >= 0.3 is 18.6 Å². The predicted octanol–water partition coefficient (Wildman–Crippen LogP) is 1.64. The molecule has 0 spiro atoms. The van der Waals surface area contributed by atoms with Crippen molar-refractivity contribution in [2.24, 2.45) is 23.2 Å². The number of nitrogens with zero attached hydrogens (tertiary/aromatic N) is 1. The molecule has 6 fully saturated rings. The minimum absolute atomic E-state index is 0.0409. The van der Waals surface area contributed by atoms with E-state index in [1.54, 1.807) is 0 Å². The zero-order valence-electron chi connectivity index (χ0n) is 15.6. The predicted molar refractivity (Wildman–Crippen MR) is 89.8 cm³/mol. The van der Waals surface area contributed by atoms with Crippen molar-refractivity contribution in [2.45, 2.75) is 65.1 Å². The standard InChI is InChI=1S/C18H28BNO5/c1-5-14-17(23-14)19-20(8-15(21)24-19,9-16(22)25-19)13-7-11-6-12(10(13)2)18(11,3)4/h10-14,17H,5-9H2,1-4H3/t10-,11+,12-,13?,14+,17?,19?,20?/m1/s1. The van der Waals surface area contributed by atoms with Crippen molar-refractivity contribution in [3.05, 3.63) is 0 Å². The van der Waals surface area contributed by atoms with E-state index in [4.69, 9.17) is 14.0 Å². The molecule has 2 unspecified atom stereocenters. The molecule has 3 aliphatic heterocycles. The number of hydrogen-bond acceptors (Lipinski definition) is 5. The Morgan fingerprint density at radius 2 is 1.80 bits per heavy atom. The monoisotopic (exact) mass is 349 g/mol. The summed E-state index contributed by atoms with van der Waals surface area (Å²) in [4.78, 5) is 24.8. The lowest BCUT2D eigenvalue weighted by Crippen LogP contribution is -2.75. The second kappa shape index (κ2) is 4.60. The highest BCUT2D eigenvalue weighted by Crippen LogP contribution is 2.64. The van der Waals surface area contributed by atoms with Crippen LogP contribution >= 0.6 is 0 Å². The normalized spacial score (nSPS) is 55.2. The topological polar surface area (TPSA) is 65.1 Å². The van der Waals surface area contributed by atoms with Gasteiger partial charge in [0, 0.05) is 5.92 Å². The molecule has 3 heterocycles. The summed E-state index contributed by atoms with van der Waals surface area (Å²) in [7, 11) is 0. The van der Waals surface area contributed by atoms with Crippen LogP contribution in [0.25, 0.3) is 0 Å². The van der Waals surface area contributed by atoms with Gasteiger partial charge in [-0.3, -0.25) is 9.59 Å². The Morgan fingerprint density at radius 1 is 1.16 bits per heavy atom. The highest BCUT2D eigenvalue weighted by Gasteiger charge is 2.79. The molecule has 3 aliphatic carbocycles. The van der Waals surface area contributed by atoms with Crippen molar-refractivity contribution < 1.29 is 28.0 Å². The van der Waals surface area contributed by atoms with Crippen molar-refractivity contribution >= 4 is 18.6 Å². The summed E-state index contributed by atoms with van der Waals surface area (Å²) >= 11 is 0. The fraction of sp³-hybridized carbons (Fsp3) is 0.889. The average molecular weight is 349 g/mol. The van der Waals surface area contributed by atoms with Gasteiger partial charge in [-0.15, -0.1) is 0 Å². The quantitative estimate of drug-likeness (QED) is 0.573. The lowest BCUT2D eigenvalue weighted by Gasteiger charge is -2.66. The molecule has 7 heteroatoms. The molecule has 2 bridgehead atoms. The first-order valence-corrected chi connectivity index (χ1v) is 9.85. The first kappa shape index (κ1) is 16.1. The first-order valence-electron chi connectivity index (χ1n) is 9.85. The van der Waals surface area contributed by atoms with Crippen molar-refractivity contribution in [1.29, 1.82) is 0 Å². The average Bonchev–Trinajstić information content (AvgIpc) is 3.20. The molecule has 0 amide bonds. The van der Waals surface area contributed by atoms with Gasteiger partial charge in [-0.05, 0) is 36.5 Å². The molecule has 6 atom stereocenters. The third-order valence-electron chi connectivity index (χ3n) is 8.58. The van der Waals surface area contributed by atoms with Crippen LogP contribution in [0, 0.1) is 23.2 Å². The van der Waals surface area contributed by atoms with Gasteiger partial charge in [-0.25, -0.2) is 0 Å². The molecule has 6 aliphatic rings. The van der Waals surface area contributed by atoms with Crippen LogP contribution in [0.5, 0.6) is 0 Å². The zero-order chi connectivity index (χ0) is 17.8. The van der Waals surface area contributed by atoms with E-state index >= 15 is 0 Å². The highest BCUT2D eigenvalue weighted by atomic mass is 16.7. The lowest BCUT2D eigenvalue weighted by atomic mass is 9.43. The molecule has 3 saturated carbocycles. The van der Waals surface area contributed by atoms with Crippen LogP contribution in [0.3, 0.4) is 0 Å². The summed E-state index contributed by atoms with van der Waals surface area (Å²) in [6.07, 6.45) is 3.21. The highest BCUT2D eigenvalue weighted by molar-refractivity contribution is 6.68. The Morgan fingerprint density at radius 3 is 2.28 bits per heavy atom. The van der Waals surface area contributed by atoms with Crippen molar-refractivity contribution in [2.75, 3.05) is 13.1 Å². The van der Waals surface area contributed by atoms with Crippen LogP contribution < -0.4 is 0 Å². The van der Waals surface area contributed by atoms with Crippen LogP contribution in [-0.4, -0.2) is 54.3 Å². The molecule has 25 heavy (non-hydrogen) atoms. The van der Waals surface area contributed by atoms with E-state index in [9.17, 15) is 9.59 Å². The third kappa shape index (κ3) is 1.74. The maximum absolute atomic E-state index is 12.4. The molecule has 3 saturated heterocycles. The van der Waals surface area contributed by atoms with E-state index < -0.39 is 6.69 Å². The lowest BCUT2D eigenvalue weighted by molar-refractivity contribution is -0.852. The number of rotatable bonds is 3. The molecular weight excluding hydrogens is 321 g/mol. The van der Waals surface area contributed by atoms with Crippen LogP contribution in [0.1, 0.15) is 47.0 Å². The van der Waals surface area contributed by atoms with E-state index in [0.29, 0.717) is 27.6 Å². The van der Waals surface area contributed by atoms with Crippen LogP contribution in [0.4, 0.5) is 0 Å². The zero-order valence-corrected chi connectivity index (χ0v) is 15.6. The summed E-state index contributed by atoms with van der Waals surface area (Å²) < 4.78 is 17.9. The number of carbonyl (C=O) groups is 2. The van der Waals surface area contributed by atoms with Gasteiger partial charge in [-0.2, -0.15) is 0 Å². The summed E-state index contributed by atoms with van der Waals surface area (Å²) in [6, 6.07) is -0.00209. The van der Waals surface area contributed by atoms with E-state index in [1.807, 2.05) is 0 Å². The first-order chi connectivity index (χ1) is 11.7. The molecule has 6 nitrogen and oxygen atoms in total. The van der Waals surface area contributed by atoms with Crippen LogP contribution in [-0.2, 0) is 23.6 Å². The number of carbonyl (C=O) groups excluding carboxylic acids is 2. The molecule has 6 rings (SSSR count). The SMILES string of the molecule is CC[C@@H]1OC1[B-]12OC(=O)C[N+]1(C1C[C@@H]3C[C@H]([C@H]1C)C3(C)C)CC(=O)O2. The minimum atomic E-state index is -2.07. The van der Waals surface area contributed by atoms with Gasteiger partial charge in [0.15, 0.2) is 0 Å². The number of epoxide rings is 1.